The number of hydrogen-bond donors (Lipinski definition) is 1. The first-order valence-corrected chi connectivity index (χ1v) is 7.98. The van der Waals surface area contributed by atoms with Gasteiger partial charge in [-0.05, 0) is 39.4 Å². The third kappa shape index (κ3) is 2.99. The van der Waals surface area contributed by atoms with E-state index in [0.717, 1.165) is 11.8 Å². The summed E-state index contributed by atoms with van der Waals surface area (Å²) in [6.45, 7) is 5.19. The van der Waals surface area contributed by atoms with Gasteiger partial charge in [-0.15, -0.1) is 11.3 Å². The highest BCUT2D eigenvalue weighted by atomic mass is 32.2. The fraction of sp³-hybridized carbons (Fsp3) is 0.750. The van der Waals surface area contributed by atoms with Gasteiger partial charge < -0.3 is 5.32 Å². The minimum atomic E-state index is 0.710. The number of rotatable bonds is 4. The van der Waals surface area contributed by atoms with Crippen molar-refractivity contribution in [3.8, 4) is 0 Å². The first-order chi connectivity index (χ1) is 7.69. The molecule has 4 heteroatoms. The maximum atomic E-state index is 4.56. The third-order valence-electron chi connectivity index (χ3n) is 3.33. The summed E-state index contributed by atoms with van der Waals surface area (Å²) in [5, 5.41) is 5.75. The van der Waals surface area contributed by atoms with Crippen molar-refractivity contribution in [2.45, 2.75) is 50.9 Å². The van der Waals surface area contributed by atoms with Crippen molar-refractivity contribution < 1.29 is 0 Å². The summed E-state index contributed by atoms with van der Waals surface area (Å²) in [5.41, 5.74) is 1.19. The zero-order valence-corrected chi connectivity index (χ0v) is 11.9. The fourth-order valence-corrected chi connectivity index (χ4v) is 3.87. The number of aryl methyl sites for hydroxylation is 2. The van der Waals surface area contributed by atoms with Gasteiger partial charge in [0.05, 0.1) is 5.69 Å². The lowest BCUT2D eigenvalue weighted by Crippen LogP contribution is -2.26. The molecule has 0 bridgehead atoms. The Hall–Kier alpha value is -0.0600. The average Bonchev–Trinajstić information content (AvgIpc) is 2.84. The Kier molecular flexibility index (Phi) is 4.27. The van der Waals surface area contributed by atoms with Crippen LogP contribution in [-0.4, -0.2) is 22.5 Å². The number of hydrogen-bond acceptors (Lipinski definition) is 4. The van der Waals surface area contributed by atoms with Gasteiger partial charge in [0.2, 0.25) is 0 Å². The van der Waals surface area contributed by atoms with E-state index >= 15 is 0 Å². The van der Waals surface area contributed by atoms with Gasteiger partial charge in [-0.1, -0.05) is 0 Å². The summed E-state index contributed by atoms with van der Waals surface area (Å²) in [6, 6.07) is 0.710. The van der Waals surface area contributed by atoms with Crippen LogP contribution in [-0.2, 0) is 6.54 Å². The molecule has 1 aliphatic rings. The number of nitrogens with one attached hydrogen (secondary N) is 1. The number of thiazole rings is 1. The predicted molar refractivity (Wildman–Crippen MR) is 73.4 cm³/mol. The number of aromatic nitrogens is 1. The van der Waals surface area contributed by atoms with E-state index in [2.05, 4.69) is 30.4 Å². The molecular weight excluding hydrogens is 236 g/mol. The molecular formula is C12H20N2S2. The molecule has 1 aromatic rings. The second kappa shape index (κ2) is 5.52. The molecule has 2 unspecified atom stereocenters. The summed E-state index contributed by atoms with van der Waals surface area (Å²) in [7, 11) is 0. The molecule has 2 rings (SSSR count). The van der Waals surface area contributed by atoms with Crippen LogP contribution in [0.4, 0.5) is 0 Å². The summed E-state index contributed by atoms with van der Waals surface area (Å²) in [5.74, 6) is 0. The Morgan fingerprint density at radius 1 is 1.44 bits per heavy atom. The highest BCUT2D eigenvalue weighted by molar-refractivity contribution is 7.99. The van der Waals surface area contributed by atoms with Crippen molar-refractivity contribution >= 4 is 23.1 Å². The standard InChI is InChI=1S/C12H20N2S2/c1-8-9(2)16-12(14-8)7-13-10-4-5-11(6-10)15-3/h10-11,13H,4-7H2,1-3H3. The van der Waals surface area contributed by atoms with Crippen LogP contribution < -0.4 is 5.32 Å². The van der Waals surface area contributed by atoms with Crippen molar-refractivity contribution in [1.82, 2.24) is 10.3 Å². The van der Waals surface area contributed by atoms with Crippen molar-refractivity contribution in [3.63, 3.8) is 0 Å². The van der Waals surface area contributed by atoms with E-state index in [1.165, 1.54) is 34.8 Å². The quantitative estimate of drug-likeness (QED) is 0.896. The molecule has 1 saturated carbocycles. The second-order valence-corrected chi connectivity index (χ2v) is 6.92. The number of thioether (sulfide) groups is 1. The third-order valence-corrected chi connectivity index (χ3v) is 5.50. The predicted octanol–water partition coefficient (Wildman–Crippen LogP) is 3.13. The van der Waals surface area contributed by atoms with Gasteiger partial charge in [0, 0.05) is 22.7 Å². The molecule has 0 radical (unpaired) electrons. The maximum Gasteiger partial charge on any atom is 0.107 e. The van der Waals surface area contributed by atoms with Gasteiger partial charge in [-0.2, -0.15) is 11.8 Å². The molecule has 90 valence electrons. The van der Waals surface area contributed by atoms with Gasteiger partial charge in [0.15, 0.2) is 0 Å². The van der Waals surface area contributed by atoms with E-state index in [1.54, 1.807) is 0 Å². The zero-order chi connectivity index (χ0) is 11.5. The molecule has 1 aromatic heterocycles. The Labute approximate surface area is 106 Å². The van der Waals surface area contributed by atoms with Crippen molar-refractivity contribution in [3.05, 3.63) is 15.6 Å². The van der Waals surface area contributed by atoms with Crippen molar-refractivity contribution in [2.24, 2.45) is 0 Å². The largest absolute Gasteiger partial charge is 0.308 e. The van der Waals surface area contributed by atoms with Crippen LogP contribution in [0.2, 0.25) is 0 Å². The fourth-order valence-electron chi connectivity index (χ4n) is 2.19. The first-order valence-electron chi connectivity index (χ1n) is 5.88. The Bertz CT molecular complexity index is 329. The molecule has 16 heavy (non-hydrogen) atoms. The van der Waals surface area contributed by atoms with Crippen LogP contribution in [0.1, 0.15) is 34.8 Å². The lowest BCUT2D eigenvalue weighted by molar-refractivity contribution is 0.524. The monoisotopic (exact) mass is 256 g/mol. The second-order valence-electron chi connectivity index (χ2n) is 4.50. The highest BCUT2D eigenvalue weighted by Gasteiger charge is 2.23. The van der Waals surface area contributed by atoms with Crippen LogP contribution >= 0.6 is 23.1 Å². The number of nitrogens with zero attached hydrogens (tertiary/aromatic N) is 1. The maximum absolute atomic E-state index is 4.56. The van der Waals surface area contributed by atoms with E-state index in [9.17, 15) is 0 Å². The Balaban J connectivity index is 1.79. The van der Waals surface area contributed by atoms with Crippen molar-refractivity contribution in [1.29, 1.82) is 0 Å². The summed E-state index contributed by atoms with van der Waals surface area (Å²) >= 11 is 3.84. The highest BCUT2D eigenvalue weighted by Crippen LogP contribution is 2.28. The van der Waals surface area contributed by atoms with E-state index in [0.29, 0.717) is 6.04 Å². The molecule has 1 N–H and O–H groups in total. The van der Waals surface area contributed by atoms with Gasteiger partial charge in [0.25, 0.3) is 0 Å². The molecule has 1 fully saturated rings. The molecule has 2 nitrogen and oxygen atoms in total. The average molecular weight is 256 g/mol. The molecule has 2 atom stereocenters. The van der Waals surface area contributed by atoms with Gasteiger partial charge >= 0.3 is 0 Å². The van der Waals surface area contributed by atoms with E-state index in [-0.39, 0.29) is 0 Å². The normalized spacial score (nSPS) is 25.2. The molecule has 0 amide bonds. The smallest absolute Gasteiger partial charge is 0.107 e. The lowest BCUT2D eigenvalue weighted by Gasteiger charge is -2.10. The van der Waals surface area contributed by atoms with E-state index < -0.39 is 0 Å². The molecule has 0 aromatic carbocycles. The summed E-state index contributed by atoms with van der Waals surface area (Å²) in [4.78, 5) is 5.91. The minimum absolute atomic E-state index is 0.710. The molecule has 0 aliphatic heterocycles. The molecule has 1 aliphatic carbocycles. The topological polar surface area (TPSA) is 24.9 Å². The summed E-state index contributed by atoms with van der Waals surface area (Å²) in [6.07, 6.45) is 6.24. The van der Waals surface area contributed by atoms with Crippen LogP contribution in [0.25, 0.3) is 0 Å². The van der Waals surface area contributed by atoms with Crippen LogP contribution in [0.5, 0.6) is 0 Å². The van der Waals surface area contributed by atoms with Crippen LogP contribution in [0.15, 0.2) is 0 Å². The van der Waals surface area contributed by atoms with Gasteiger partial charge in [-0.3, -0.25) is 0 Å². The Morgan fingerprint density at radius 2 is 2.25 bits per heavy atom. The van der Waals surface area contributed by atoms with Crippen molar-refractivity contribution in [2.75, 3.05) is 6.26 Å². The SMILES string of the molecule is CSC1CCC(NCc2nc(C)c(C)s2)C1. The minimum Gasteiger partial charge on any atom is -0.308 e. The molecule has 0 spiro atoms. The first kappa shape index (κ1) is 12.4. The Morgan fingerprint density at radius 3 is 2.81 bits per heavy atom. The van der Waals surface area contributed by atoms with E-state index in [1.807, 2.05) is 23.1 Å². The zero-order valence-electron chi connectivity index (χ0n) is 10.2. The van der Waals surface area contributed by atoms with Crippen LogP contribution in [0.3, 0.4) is 0 Å². The summed E-state index contributed by atoms with van der Waals surface area (Å²) < 4.78 is 0. The van der Waals surface area contributed by atoms with E-state index in [4.69, 9.17) is 0 Å². The van der Waals surface area contributed by atoms with Crippen LogP contribution in [0, 0.1) is 13.8 Å². The molecule has 0 saturated heterocycles. The van der Waals surface area contributed by atoms with Gasteiger partial charge in [0.1, 0.15) is 5.01 Å². The van der Waals surface area contributed by atoms with Gasteiger partial charge in [-0.25, -0.2) is 4.98 Å². The molecule has 1 heterocycles. The lowest BCUT2D eigenvalue weighted by atomic mass is 10.2.